The molecule has 0 aliphatic heterocycles. The van der Waals surface area contributed by atoms with Crippen LogP contribution in [-0.4, -0.2) is 46.6 Å². The van der Waals surface area contributed by atoms with Gasteiger partial charge in [-0.2, -0.15) is 0 Å². The molecule has 4 rings (SSSR count). The van der Waals surface area contributed by atoms with E-state index in [0.29, 0.717) is 24.2 Å². The van der Waals surface area contributed by atoms with E-state index in [0.717, 1.165) is 50.7 Å². The summed E-state index contributed by atoms with van der Waals surface area (Å²) in [5, 5.41) is 26.1. The third kappa shape index (κ3) is 3.63. The molecule has 4 aliphatic carbocycles. The zero-order chi connectivity index (χ0) is 23.1. The number of rotatable bonds is 5. The summed E-state index contributed by atoms with van der Waals surface area (Å²) in [5.74, 6) is 2.80. The molecule has 3 saturated carbocycles. The number of carboxylic acid groups (broad SMARTS) is 1. The van der Waals surface area contributed by atoms with Crippen molar-refractivity contribution in [2.75, 3.05) is 13.2 Å². The predicted octanol–water partition coefficient (Wildman–Crippen LogP) is 2.89. The number of aliphatic hydroxyl groups is 1. The van der Waals surface area contributed by atoms with Crippen LogP contribution in [0.25, 0.3) is 0 Å². The van der Waals surface area contributed by atoms with Crippen LogP contribution in [0.4, 0.5) is 0 Å². The van der Waals surface area contributed by atoms with Gasteiger partial charge in [-0.25, -0.2) is 0 Å². The van der Waals surface area contributed by atoms with Gasteiger partial charge in [-0.1, -0.05) is 30.5 Å². The largest absolute Gasteiger partial charge is 0.480 e. The number of hydrogen-bond acceptors (Lipinski definition) is 5. The molecule has 0 bridgehead atoms. The highest BCUT2D eigenvalue weighted by atomic mass is 16.6. The molecule has 3 N–H and O–H groups in total. The van der Waals surface area contributed by atoms with Gasteiger partial charge in [0, 0.05) is 5.41 Å². The molecule has 0 saturated heterocycles. The van der Waals surface area contributed by atoms with Crippen LogP contribution in [0.1, 0.15) is 65.2 Å². The number of aliphatic carboxylic acids is 1. The van der Waals surface area contributed by atoms with Gasteiger partial charge in [0.2, 0.25) is 0 Å². The number of nitrogens with zero attached hydrogens (tertiary/aromatic N) is 1. The van der Waals surface area contributed by atoms with Gasteiger partial charge >= 0.3 is 5.97 Å². The highest BCUT2D eigenvalue weighted by Gasteiger charge is 2.63. The molecular formula is C25H34N2O5. The summed E-state index contributed by atoms with van der Waals surface area (Å²) in [5.41, 5.74) is 1.22. The molecule has 3 fully saturated rings. The summed E-state index contributed by atoms with van der Waals surface area (Å²) in [4.78, 5) is 27.3. The van der Waals surface area contributed by atoms with Crippen LogP contribution >= 0.6 is 0 Å². The Morgan fingerprint density at radius 1 is 1.22 bits per heavy atom. The maximum Gasteiger partial charge on any atom is 0.322 e. The van der Waals surface area contributed by atoms with E-state index in [9.17, 15) is 14.7 Å². The Morgan fingerprint density at radius 3 is 2.69 bits per heavy atom. The van der Waals surface area contributed by atoms with Crippen LogP contribution in [0, 0.1) is 40.9 Å². The molecule has 7 nitrogen and oxygen atoms in total. The average molecular weight is 443 g/mol. The summed E-state index contributed by atoms with van der Waals surface area (Å²) in [7, 11) is 0. The lowest BCUT2D eigenvalue weighted by atomic mass is 9.46. The lowest BCUT2D eigenvalue weighted by Crippen LogP contribution is -2.54. The monoisotopic (exact) mass is 442 g/mol. The Kier molecular flexibility index (Phi) is 5.87. The first-order chi connectivity index (χ1) is 15.1. The lowest BCUT2D eigenvalue weighted by molar-refractivity contribution is -0.138. The number of carbonyl (C=O) groups is 2. The summed E-state index contributed by atoms with van der Waals surface area (Å²) in [6.07, 6.45) is 15.6. The SMILES string of the molecule is C#C[C@@]1(O)CC[C@@H]2[C@@H]3CCC4=C/C(=N/OCC(=O)NCC(=O)O)CC[C@]4(C)[C@@H]3CC[C@@]21C. The smallest absolute Gasteiger partial charge is 0.322 e. The molecule has 1 amide bonds. The molecule has 7 heteroatoms. The van der Waals surface area contributed by atoms with Crippen LogP contribution in [0.5, 0.6) is 0 Å². The van der Waals surface area contributed by atoms with Gasteiger partial charge < -0.3 is 20.4 Å². The van der Waals surface area contributed by atoms with Gasteiger partial charge in [-0.15, -0.1) is 6.42 Å². The second-order valence-corrected chi connectivity index (χ2v) is 10.5. The number of amides is 1. The minimum Gasteiger partial charge on any atom is -0.480 e. The molecule has 174 valence electrons. The van der Waals surface area contributed by atoms with E-state index in [1.165, 1.54) is 5.57 Å². The summed E-state index contributed by atoms with van der Waals surface area (Å²) >= 11 is 0. The molecule has 0 aromatic rings. The van der Waals surface area contributed by atoms with Crippen LogP contribution in [0.15, 0.2) is 16.8 Å². The van der Waals surface area contributed by atoms with Gasteiger partial charge in [0.05, 0.1) is 5.71 Å². The molecule has 0 aromatic heterocycles. The fraction of sp³-hybridized carbons (Fsp3) is 0.720. The van der Waals surface area contributed by atoms with Gasteiger partial charge in [0.15, 0.2) is 6.61 Å². The van der Waals surface area contributed by atoms with Crippen molar-refractivity contribution in [3.05, 3.63) is 11.6 Å². The number of carboxylic acids is 1. The van der Waals surface area contributed by atoms with Crippen molar-refractivity contribution in [3.8, 4) is 12.3 Å². The Labute approximate surface area is 189 Å². The fourth-order valence-corrected chi connectivity index (χ4v) is 7.30. The Hall–Kier alpha value is -2.33. The van der Waals surface area contributed by atoms with Crippen molar-refractivity contribution in [2.24, 2.45) is 33.7 Å². The van der Waals surface area contributed by atoms with E-state index in [4.69, 9.17) is 16.4 Å². The van der Waals surface area contributed by atoms with Crippen LogP contribution in [-0.2, 0) is 14.4 Å². The summed E-state index contributed by atoms with van der Waals surface area (Å²) in [6, 6.07) is 0. The normalized spacial score (nSPS) is 41.5. The van der Waals surface area contributed by atoms with E-state index < -0.39 is 24.0 Å². The molecule has 0 unspecified atom stereocenters. The number of allylic oxidation sites excluding steroid dienone is 2. The average Bonchev–Trinajstić information content (AvgIpc) is 3.04. The third-order valence-electron chi connectivity index (χ3n) is 9.18. The molecule has 4 aliphatic rings. The van der Waals surface area contributed by atoms with Crippen molar-refractivity contribution in [1.82, 2.24) is 5.32 Å². The molecule has 32 heavy (non-hydrogen) atoms. The third-order valence-corrected chi connectivity index (χ3v) is 9.18. The topological polar surface area (TPSA) is 108 Å². The number of oxime groups is 1. The lowest BCUT2D eigenvalue weighted by Gasteiger charge is -2.58. The number of hydrogen-bond donors (Lipinski definition) is 3. The first-order valence-corrected chi connectivity index (χ1v) is 11.7. The molecule has 0 heterocycles. The molecular weight excluding hydrogens is 408 g/mol. The minimum absolute atomic E-state index is 0.124. The highest BCUT2D eigenvalue weighted by molar-refractivity contribution is 5.96. The molecule has 6 atom stereocenters. The fourth-order valence-electron chi connectivity index (χ4n) is 7.30. The zero-order valence-corrected chi connectivity index (χ0v) is 19.0. The standard InChI is InChI=1S/C25H34N2O5/c1-4-25(31)12-9-20-18-6-5-16-13-17(27-32-15-21(28)26-14-22(29)30)7-10-23(16,2)19(18)8-11-24(20,25)3/h1,13,18-20,31H,5-12,14-15H2,2-3H3,(H,26,28)(H,29,30)/b27-17+/t18-,19-,20-,23+,24+,25-/m1/s1. The second-order valence-electron chi connectivity index (χ2n) is 10.5. The Balaban J connectivity index is 1.44. The molecule has 0 radical (unpaired) electrons. The van der Waals surface area contributed by atoms with Crippen LogP contribution < -0.4 is 5.32 Å². The van der Waals surface area contributed by atoms with Gasteiger partial charge in [-0.3, -0.25) is 9.59 Å². The summed E-state index contributed by atoms with van der Waals surface area (Å²) in [6.45, 7) is 3.88. The minimum atomic E-state index is -1.10. The Morgan fingerprint density at radius 2 is 1.97 bits per heavy atom. The van der Waals surface area contributed by atoms with Crippen molar-refractivity contribution in [1.29, 1.82) is 0 Å². The first-order valence-electron chi connectivity index (χ1n) is 11.7. The second kappa shape index (κ2) is 8.22. The summed E-state index contributed by atoms with van der Waals surface area (Å²) < 4.78 is 0. The maximum absolute atomic E-state index is 11.6. The number of carbonyl (C=O) groups excluding carboxylic acids is 1. The molecule has 0 aromatic carbocycles. The quantitative estimate of drug-likeness (QED) is 0.448. The van der Waals surface area contributed by atoms with Crippen LogP contribution in [0.2, 0.25) is 0 Å². The van der Waals surface area contributed by atoms with E-state index in [-0.39, 0.29) is 17.4 Å². The van der Waals surface area contributed by atoms with Crippen molar-refractivity contribution in [3.63, 3.8) is 0 Å². The number of terminal acetylenes is 1. The number of nitrogens with one attached hydrogen (secondary N) is 1. The van der Waals surface area contributed by atoms with E-state index in [2.05, 4.69) is 36.3 Å². The van der Waals surface area contributed by atoms with Crippen molar-refractivity contribution in [2.45, 2.75) is 70.8 Å². The maximum atomic E-state index is 11.6. The first kappa shape index (κ1) is 22.8. The number of fused-ring (bicyclic) bond motifs is 5. The van der Waals surface area contributed by atoms with E-state index in [1.807, 2.05) is 0 Å². The van der Waals surface area contributed by atoms with Crippen molar-refractivity contribution < 1.29 is 24.6 Å². The van der Waals surface area contributed by atoms with Crippen molar-refractivity contribution >= 4 is 17.6 Å². The van der Waals surface area contributed by atoms with E-state index in [1.54, 1.807) is 0 Å². The highest BCUT2D eigenvalue weighted by Crippen LogP contribution is 2.67. The zero-order valence-electron chi connectivity index (χ0n) is 19.0. The van der Waals surface area contributed by atoms with Crippen LogP contribution in [0.3, 0.4) is 0 Å². The molecule has 0 spiro atoms. The Bertz CT molecular complexity index is 904. The van der Waals surface area contributed by atoms with Gasteiger partial charge in [0.1, 0.15) is 12.1 Å². The van der Waals surface area contributed by atoms with Gasteiger partial charge in [-0.05, 0) is 80.6 Å². The predicted molar refractivity (Wildman–Crippen MR) is 120 cm³/mol. The van der Waals surface area contributed by atoms with E-state index >= 15 is 0 Å². The van der Waals surface area contributed by atoms with Gasteiger partial charge in [0.25, 0.3) is 5.91 Å².